The van der Waals surface area contributed by atoms with E-state index >= 15 is 0 Å². The second-order valence-electron chi connectivity index (χ2n) is 0.981. The van der Waals surface area contributed by atoms with E-state index in [1.807, 2.05) is 0 Å². The van der Waals surface area contributed by atoms with Gasteiger partial charge in [0, 0.05) is 6.43 Å². The van der Waals surface area contributed by atoms with Crippen molar-refractivity contribution in [2.75, 3.05) is 6.61 Å². The third-order valence-electron chi connectivity index (χ3n) is 0.430. The second kappa shape index (κ2) is 6.02. The maximum atomic E-state index is 11.1. The van der Waals surface area contributed by atoms with E-state index in [1.54, 1.807) is 0 Å². The molecule has 0 bridgehead atoms. The van der Waals surface area contributed by atoms with E-state index in [2.05, 4.69) is 4.74 Å². The Hall–Kier alpha value is -0.112. The molecule has 0 aliphatic rings. The van der Waals surface area contributed by atoms with Crippen LogP contribution in [0.25, 0.3) is 0 Å². The Morgan fingerprint density at radius 3 is 2.22 bits per heavy atom. The number of hydrogen-bond donors (Lipinski definition) is 0. The summed E-state index contributed by atoms with van der Waals surface area (Å²) < 4.78 is 26.0. The van der Waals surface area contributed by atoms with Crippen LogP contribution in [0.5, 0.6) is 0 Å². The molecule has 0 N–H and O–H groups in total. The van der Waals surface area contributed by atoms with E-state index in [4.69, 9.17) is 0 Å². The van der Waals surface area contributed by atoms with Gasteiger partial charge in [0.25, 0.3) is 0 Å². The van der Waals surface area contributed by atoms with Crippen molar-refractivity contribution < 1.29 is 39.4 Å². The molecule has 0 rings (SSSR count). The van der Waals surface area contributed by atoms with Gasteiger partial charge in [-0.3, -0.25) is 4.79 Å². The molecule has 0 spiro atoms. The predicted molar refractivity (Wildman–Crippen MR) is 22.1 cm³/mol. The van der Waals surface area contributed by atoms with Crippen LogP contribution in [-0.4, -0.2) is 12.6 Å². The molecule has 2 nitrogen and oxygen atoms in total. The molecule has 0 aromatic rings. The maximum absolute atomic E-state index is 11.1. The van der Waals surface area contributed by atoms with Crippen molar-refractivity contribution in [1.29, 1.82) is 0 Å². The first-order chi connectivity index (χ1) is 3.68. The average Bonchev–Trinajstić information content (AvgIpc) is 1.67. The van der Waals surface area contributed by atoms with Crippen LogP contribution in [0.2, 0.25) is 0 Å². The fourth-order valence-corrected chi connectivity index (χ4v) is 0.186. The molecule has 0 heterocycles. The molecule has 0 atom stereocenters. The average molecular weight is 307 g/mol. The Bertz CT molecular complexity index is 86.6. The topological polar surface area (TPSA) is 26.3 Å². The summed E-state index contributed by atoms with van der Waals surface area (Å²) in [5.41, 5.74) is 0. The molecular weight excluding hydrogens is 302 g/mol. The Balaban J connectivity index is 0. The van der Waals surface area contributed by atoms with E-state index in [1.165, 1.54) is 6.92 Å². The maximum Gasteiger partial charge on any atom is 2.00 e. The summed E-state index contributed by atoms with van der Waals surface area (Å²) in [7, 11) is 0. The van der Waals surface area contributed by atoms with Crippen LogP contribution in [0.1, 0.15) is 6.92 Å². The monoisotopic (exact) mass is 307 g/mol. The van der Waals surface area contributed by atoms with Crippen molar-refractivity contribution in [3.05, 3.63) is 6.43 Å². The number of carbonyl (C=O) groups excluding carboxylic acids is 1. The zero-order valence-corrected chi connectivity index (χ0v) is 7.62. The van der Waals surface area contributed by atoms with Crippen molar-refractivity contribution >= 4 is 5.97 Å². The molecule has 0 saturated carbocycles. The standard InChI is InChI=1S/C4H5F2O2.W/c1-2-8-4(7)3(5)6;/h2H2,1H3;/q-1;+2. The summed E-state index contributed by atoms with van der Waals surface area (Å²) in [4.78, 5) is 9.73. The van der Waals surface area contributed by atoms with Crippen molar-refractivity contribution in [1.82, 2.24) is 0 Å². The quantitative estimate of drug-likeness (QED) is 0.561. The predicted octanol–water partition coefficient (Wildman–Crippen LogP) is 0.975. The third-order valence-corrected chi connectivity index (χ3v) is 0.430. The van der Waals surface area contributed by atoms with E-state index in [0.29, 0.717) is 0 Å². The van der Waals surface area contributed by atoms with Gasteiger partial charge in [-0.2, -0.15) is 0 Å². The van der Waals surface area contributed by atoms with Gasteiger partial charge in [-0.05, 0) is 6.92 Å². The van der Waals surface area contributed by atoms with Crippen molar-refractivity contribution in [3.8, 4) is 0 Å². The van der Waals surface area contributed by atoms with E-state index in [-0.39, 0.29) is 27.7 Å². The minimum atomic E-state index is -2.30. The van der Waals surface area contributed by atoms with Crippen molar-refractivity contribution in [2.24, 2.45) is 0 Å². The Kier molecular flexibility index (Phi) is 7.79. The number of hydrogen-bond acceptors (Lipinski definition) is 2. The second-order valence-corrected chi connectivity index (χ2v) is 0.981. The van der Waals surface area contributed by atoms with Gasteiger partial charge in [-0.1, -0.05) is 0 Å². The first-order valence-electron chi connectivity index (χ1n) is 2.03. The van der Waals surface area contributed by atoms with Crippen LogP contribution < -0.4 is 0 Å². The summed E-state index contributed by atoms with van der Waals surface area (Å²) in [5.74, 6) is -1.53. The Labute approximate surface area is 65.8 Å². The van der Waals surface area contributed by atoms with Crippen LogP contribution in [-0.2, 0) is 30.6 Å². The molecule has 0 aliphatic carbocycles. The van der Waals surface area contributed by atoms with Gasteiger partial charge in [-0.25, -0.2) is 0 Å². The summed E-state index contributed by atoms with van der Waals surface area (Å²) in [6.45, 7) is 1.44. The summed E-state index contributed by atoms with van der Waals surface area (Å²) >= 11 is 0. The molecule has 0 radical (unpaired) electrons. The van der Waals surface area contributed by atoms with E-state index in [0.717, 1.165) is 0 Å². The molecule has 0 fully saturated rings. The SMILES string of the molecule is CCOC(=O)[C-](F)F.[W+2]. The Morgan fingerprint density at radius 1 is 1.67 bits per heavy atom. The largest absolute Gasteiger partial charge is 2.00 e. The molecule has 52 valence electrons. The molecule has 0 aromatic carbocycles. The first kappa shape index (κ1) is 11.7. The number of carbonyl (C=O) groups is 1. The van der Waals surface area contributed by atoms with Gasteiger partial charge >= 0.3 is 21.1 Å². The fourth-order valence-electron chi connectivity index (χ4n) is 0.186. The molecule has 0 amide bonds. The van der Waals surface area contributed by atoms with Gasteiger partial charge < -0.3 is 13.5 Å². The molecular formula is C4H5F2O2W+. The summed E-state index contributed by atoms with van der Waals surface area (Å²) in [6, 6.07) is 0. The Morgan fingerprint density at radius 2 is 2.11 bits per heavy atom. The minimum Gasteiger partial charge on any atom is -0.484 e. The van der Waals surface area contributed by atoms with E-state index < -0.39 is 12.4 Å². The van der Waals surface area contributed by atoms with Gasteiger partial charge in [0.1, 0.15) is 0 Å². The van der Waals surface area contributed by atoms with Crippen LogP contribution in [0.15, 0.2) is 0 Å². The van der Waals surface area contributed by atoms with Crippen LogP contribution >= 0.6 is 0 Å². The summed E-state index contributed by atoms with van der Waals surface area (Å²) in [5, 5.41) is 0. The zero-order valence-electron chi connectivity index (χ0n) is 4.69. The first-order valence-corrected chi connectivity index (χ1v) is 2.03. The van der Waals surface area contributed by atoms with E-state index in [9.17, 15) is 13.6 Å². The van der Waals surface area contributed by atoms with Gasteiger partial charge in [0.2, 0.25) is 5.97 Å². The van der Waals surface area contributed by atoms with Crippen LogP contribution in [0, 0.1) is 6.43 Å². The fraction of sp³-hybridized carbons (Fsp3) is 0.500. The summed E-state index contributed by atoms with van der Waals surface area (Å²) in [6.07, 6.45) is -2.30. The van der Waals surface area contributed by atoms with Crippen LogP contribution in [0.3, 0.4) is 0 Å². The molecule has 0 unspecified atom stereocenters. The van der Waals surface area contributed by atoms with Gasteiger partial charge in [0.05, 0.1) is 6.61 Å². The smallest absolute Gasteiger partial charge is 0.484 e. The van der Waals surface area contributed by atoms with Crippen molar-refractivity contribution in [3.63, 3.8) is 0 Å². The molecule has 0 aromatic heterocycles. The van der Waals surface area contributed by atoms with Gasteiger partial charge in [0.15, 0.2) is 0 Å². The number of ether oxygens (including phenoxy) is 1. The van der Waals surface area contributed by atoms with Crippen LogP contribution in [0.4, 0.5) is 8.78 Å². The molecule has 9 heavy (non-hydrogen) atoms. The molecule has 0 saturated heterocycles. The zero-order chi connectivity index (χ0) is 6.57. The number of rotatable bonds is 2. The molecule has 0 aliphatic heterocycles. The number of esters is 1. The molecule has 5 heteroatoms. The third kappa shape index (κ3) is 5.76. The minimum absolute atomic E-state index is 0. The number of halogens is 2. The van der Waals surface area contributed by atoms with Gasteiger partial charge in [-0.15, -0.1) is 0 Å². The normalized spacial score (nSPS) is 7.44. The van der Waals surface area contributed by atoms with Crippen molar-refractivity contribution in [2.45, 2.75) is 6.92 Å².